The Bertz CT molecular complexity index is 144. The summed E-state index contributed by atoms with van der Waals surface area (Å²) in [6, 6.07) is 20.0. The molecule has 2 rings (SSSR count). The first-order chi connectivity index (χ1) is 6.00. The predicted octanol–water partition coefficient (Wildman–Crippen LogP) is 3.65. The van der Waals surface area contributed by atoms with Crippen molar-refractivity contribution in [1.29, 1.82) is 0 Å². The van der Waals surface area contributed by atoms with E-state index in [0.717, 1.165) is 0 Å². The van der Waals surface area contributed by atoms with Crippen LogP contribution in [-0.2, 0) is 26.2 Å². The minimum atomic E-state index is 0. The van der Waals surface area contributed by atoms with Gasteiger partial charge < -0.3 is 6.92 Å². The van der Waals surface area contributed by atoms with Gasteiger partial charge in [-0.05, 0) is 0 Å². The molecule has 0 aliphatic carbocycles. The van der Waals surface area contributed by atoms with Crippen LogP contribution in [0, 0.1) is 6.92 Å². The monoisotopic (exact) mass is 249 g/mol. The van der Waals surface area contributed by atoms with E-state index in [1.807, 2.05) is 60.7 Å². The maximum absolute atomic E-state index is 3.25. The summed E-state index contributed by atoms with van der Waals surface area (Å²) in [6.07, 6.45) is 0. The van der Waals surface area contributed by atoms with Gasteiger partial charge >= 0.3 is 26.2 Å². The Morgan fingerprint density at radius 2 is 0.923 bits per heavy atom. The smallest absolute Gasteiger partial charge is 0.346 e. The van der Waals surface area contributed by atoms with E-state index in [9.17, 15) is 0 Å². The van der Waals surface area contributed by atoms with E-state index in [1.165, 1.54) is 0 Å². The average Bonchev–Trinajstić information content (AvgIpc) is 2.87. The van der Waals surface area contributed by atoms with Crippen molar-refractivity contribution in [2.75, 3.05) is 0 Å². The summed E-state index contributed by atoms with van der Waals surface area (Å²) >= 11 is 0. The first kappa shape index (κ1) is 15.1. The molecule has 0 N–H and O–H groups in total. The molecule has 67 valence electrons. The molecule has 0 aliphatic rings. The quantitative estimate of drug-likeness (QED) is 0.626. The van der Waals surface area contributed by atoms with Crippen LogP contribution in [0.3, 0.4) is 0 Å². The Morgan fingerprint density at radius 1 is 0.692 bits per heavy atom. The zero-order chi connectivity index (χ0) is 9.07. The minimum Gasteiger partial charge on any atom is -0.346 e. The van der Waals surface area contributed by atoms with Crippen molar-refractivity contribution in [1.82, 2.24) is 0 Å². The van der Waals surface area contributed by atoms with Crippen LogP contribution in [0.4, 0.5) is 0 Å². The molecular formula is C12H15Zr. The topological polar surface area (TPSA) is 0 Å². The predicted molar refractivity (Wildman–Crippen MR) is 55.1 cm³/mol. The molecule has 0 heterocycles. The Labute approximate surface area is 100 Å². The van der Waals surface area contributed by atoms with E-state index in [2.05, 4.69) is 6.92 Å². The Balaban J connectivity index is 0. The normalized spacial score (nSPS) is 6.62. The van der Waals surface area contributed by atoms with Crippen LogP contribution in [0.25, 0.3) is 0 Å². The standard InChI is InChI=1S/2C5H5.C2H5.Zr/c2*1-2-4-5-3-1;1-2;/h2*1-5H;1H2,2H3;/q3*-1;+3. The summed E-state index contributed by atoms with van der Waals surface area (Å²) in [5.74, 6) is 0. The molecule has 0 amide bonds. The molecule has 2 aromatic rings. The number of rotatable bonds is 0. The van der Waals surface area contributed by atoms with Crippen LogP contribution in [0.15, 0.2) is 60.7 Å². The zero-order valence-corrected chi connectivity index (χ0v) is 10.4. The van der Waals surface area contributed by atoms with Crippen molar-refractivity contribution >= 4 is 0 Å². The van der Waals surface area contributed by atoms with Gasteiger partial charge in [-0.3, -0.25) is 0 Å². The molecule has 0 atom stereocenters. The van der Waals surface area contributed by atoms with Gasteiger partial charge in [0.2, 0.25) is 0 Å². The van der Waals surface area contributed by atoms with E-state index in [-0.39, 0.29) is 26.2 Å². The largest absolute Gasteiger partial charge is 3.00 e. The first-order valence-corrected chi connectivity index (χ1v) is 4.04. The van der Waals surface area contributed by atoms with Crippen LogP contribution >= 0.6 is 0 Å². The summed E-state index contributed by atoms with van der Waals surface area (Å²) in [4.78, 5) is 0. The third kappa shape index (κ3) is 11.6. The van der Waals surface area contributed by atoms with E-state index in [0.29, 0.717) is 0 Å². The van der Waals surface area contributed by atoms with Gasteiger partial charge in [0.15, 0.2) is 0 Å². The fourth-order valence-electron chi connectivity index (χ4n) is 0.642. The average molecular weight is 250 g/mol. The Kier molecular flexibility index (Phi) is 16.4. The Morgan fingerprint density at radius 3 is 1.00 bits per heavy atom. The van der Waals surface area contributed by atoms with E-state index in [4.69, 9.17) is 0 Å². The van der Waals surface area contributed by atoms with Gasteiger partial charge in [0, 0.05) is 0 Å². The molecule has 0 aliphatic heterocycles. The van der Waals surface area contributed by atoms with Gasteiger partial charge in [-0.15, -0.1) is 0 Å². The molecule has 0 saturated carbocycles. The molecular weight excluding hydrogens is 235 g/mol. The van der Waals surface area contributed by atoms with Crippen molar-refractivity contribution in [3.8, 4) is 0 Å². The van der Waals surface area contributed by atoms with Crippen LogP contribution in [0.2, 0.25) is 0 Å². The molecule has 2 aromatic carbocycles. The molecule has 0 bridgehead atoms. The molecule has 0 fully saturated rings. The summed E-state index contributed by atoms with van der Waals surface area (Å²) in [6.45, 7) is 5.00. The number of hydrogen-bond donors (Lipinski definition) is 0. The maximum atomic E-state index is 3.25. The zero-order valence-electron chi connectivity index (χ0n) is 7.98. The maximum Gasteiger partial charge on any atom is 3.00 e. The SMILES string of the molecule is [CH2-]C.[Zr+3].c1cc[cH-]c1.c1cc[cH-]c1. The third-order valence-corrected chi connectivity index (χ3v) is 1.11. The molecule has 0 spiro atoms. The van der Waals surface area contributed by atoms with E-state index < -0.39 is 0 Å². The van der Waals surface area contributed by atoms with Gasteiger partial charge in [-0.25, -0.2) is 24.3 Å². The minimum absolute atomic E-state index is 0. The van der Waals surface area contributed by atoms with Crippen molar-refractivity contribution in [2.45, 2.75) is 6.92 Å². The van der Waals surface area contributed by atoms with Crippen LogP contribution < -0.4 is 0 Å². The molecule has 0 nitrogen and oxygen atoms in total. The van der Waals surface area contributed by atoms with Gasteiger partial charge in [-0.2, -0.15) is 43.3 Å². The van der Waals surface area contributed by atoms with Crippen molar-refractivity contribution in [3.63, 3.8) is 0 Å². The van der Waals surface area contributed by atoms with Gasteiger partial charge in [0.05, 0.1) is 0 Å². The summed E-state index contributed by atoms with van der Waals surface area (Å²) in [5.41, 5.74) is 0. The van der Waals surface area contributed by atoms with E-state index in [1.54, 1.807) is 6.92 Å². The van der Waals surface area contributed by atoms with Crippen molar-refractivity contribution < 1.29 is 26.2 Å². The summed E-state index contributed by atoms with van der Waals surface area (Å²) in [5, 5.41) is 0. The van der Waals surface area contributed by atoms with Crippen molar-refractivity contribution in [3.05, 3.63) is 67.6 Å². The van der Waals surface area contributed by atoms with Gasteiger partial charge in [-0.1, -0.05) is 0 Å². The van der Waals surface area contributed by atoms with Crippen LogP contribution in [0.1, 0.15) is 6.92 Å². The van der Waals surface area contributed by atoms with E-state index >= 15 is 0 Å². The molecule has 0 aromatic heterocycles. The van der Waals surface area contributed by atoms with Crippen molar-refractivity contribution in [2.24, 2.45) is 0 Å². The van der Waals surface area contributed by atoms with Crippen LogP contribution in [-0.4, -0.2) is 0 Å². The fourth-order valence-corrected chi connectivity index (χ4v) is 0.642. The second-order valence-corrected chi connectivity index (χ2v) is 1.92. The summed E-state index contributed by atoms with van der Waals surface area (Å²) < 4.78 is 0. The molecule has 0 unspecified atom stereocenters. The first-order valence-electron chi connectivity index (χ1n) is 4.04. The van der Waals surface area contributed by atoms with Gasteiger partial charge in [0.1, 0.15) is 0 Å². The molecule has 1 radical (unpaired) electrons. The fraction of sp³-hybridized carbons (Fsp3) is 0.0833. The van der Waals surface area contributed by atoms with Crippen LogP contribution in [0.5, 0.6) is 0 Å². The second-order valence-electron chi connectivity index (χ2n) is 1.92. The molecule has 13 heavy (non-hydrogen) atoms. The molecule has 1 heteroatoms. The number of hydrogen-bond acceptors (Lipinski definition) is 0. The summed E-state index contributed by atoms with van der Waals surface area (Å²) in [7, 11) is 0. The third-order valence-electron chi connectivity index (χ3n) is 1.11. The second kappa shape index (κ2) is 14.1. The molecule has 0 saturated heterocycles. The van der Waals surface area contributed by atoms with Gasteiger partial charge in [0.25, 0.3) is 0 Å². The Hall–Kier alpha value is -0.417.